The topological polar surface area (TPSA) is 37.3 Å². The summed E-state index contributed by atoms with van der Waals surface area (Å²) in [6.45, 7) is 5.95. The predicted octanol–water partition coefficient (Wildman–Crippen LogP) is 1.83. The number of carbonyl (C=O) groups is 1. The predicted molar refractivity (Wildman–Crippen MR) is 39.7 cm³/mol. The molecule has 0 aromatic rings. The van der Waals surface area contributed by atoms with Crippen molar-refractivity contribution in [3.05, 3.63) is 17.9 Å². The first-order valence-electron chi connectivity index (χ1n) is 3.08. The molecule has 1 N–H and O–H groups in total. The lowest BCUT2D eigenvalue weighted by atomic mass is 9.97. The van der Waals surface area contributed by atoms with Crippen LogP contribution in [0, 0.1) is 5.41 Å². The molecule has 0 fully saturated rings. The van der Waals surface area contributed by atoms with Crippen molar-refractivity contribution in [3.8, 4) is 0 Å². The fraction of sp³-hybridized carbons (Fsp3) is 0.500. The quantitative estimate of drug-likeness (QED) is 0.445. The van der Waals surface area contributed by atoms with Crippen LogP contribution in [0.5, 0.6) is 0 Å². The van der Waals surface area contributed by atoms with Gasteiger partial charge in [0.1, 0.15) is 0 Å². The molecule has 2 heteroatoms. The normalized spacial score (nSPS) is 9.90. The fourth-order valence-corrected chi connectivity index (χ4v) is 0.363. The van der Waals surface area contributed by atoms with Crippen LogP contribution in [-0.4, -0.2) is 11.1 Å². The largest absolute Gasteiger partial charge is 0.478 e. The van der Waals surface area contributed by atoms with Gasteiger partial charge in [-0.2, -0.15) is 0 Å². The molecule has 0 atom stereocenters. The Hall–Kier alpha value is -1.01. The second kappa shape index (κ2) is 3.23. The summed E-state index contributed by atoms with van der Waals surface area (Å²) in [6, 6.07) is 0. The molecule has 0 aromatic heterocycles. The first kappa shape index (κ1) is 8.99. The number of hydrogen-bond acceptors (Lipinski definition) is 1. The highest BCUT2D eigenvalue weighted by Crippen LogP contribution is 2.12. The van der Waals surface area contributed by atoms with E-state index < -0.39 is 5.97 Å². The molecule has 0 amide bonds. The third kappa shape index (κ3) is 6.99. The van der Waals surface area contributed by atoms with Gasteiger partial charge in [-0.1, -0.05) is 20.8 Å². The third-order valence-corrected chi connectivity index (χ3v) is 0.723. The van der Waals surface area contributed by atoms with Gasteiger partial charge in [-0.3, -0.25) is 0 Å². The lowest BCUT2D eigenvalue weighted by molar-refractivity contribution is -0.131. The van der Waals surface area contributed by atoms with Crippen LogP contribution in [0.2, 0.25) is 0 Å². The summed E-state index contributed by atoms with van der Waals surface area (Å²) in [5.41, 5.74) is 2.58. The zero-order valence-corrected chi connectivity index (χ0v) is 6.51. The van der Waals surface area contributed by atoms with Crippen LogP contribution in [0.4, 0.5) is 0 Å². The van der Waals surface area contributed by atoms with Crippen molar-refractivity contribution in [3.63, 3.8) is 0 Å². The molecular formula is C8H12O2. The minimum Gasteiger partial charge on any atom is -0.478 e. The minimum atomic E-state index is -0.958. The van der Waals surface area contributed by atoms with E-state index in [4.69, 9.17) is 5.11 Å². The van der Waals surface area contributed by atoms with Gasteiger partial charge in [-0.15, -0.1) is 5.73 Å². The van der Waals surface area contributed by atoms with Crippen molar-refractivity contribution in [2.24, 2.45) is 5.41 Å². The van der Waals surface area contributed by atoms with Crippen LogP contribution in [0.15, 0.2) is 17.9 Å². The molecule has 10 heavy (non-hydrogen) atoms. The number of carboxylic acid groups (broad SMARTS) is 1. The van der Waals surface area contributed by atoms with E-state index in [1.165, 1.54) is 0 Å². The van der Waals surface area contributed by atoms with E-state index >= 15 is 0 Å². The summed E-state index contributed by atoms with van der Waals surface area (Å²) in [6.07, 6.45) is 2.73. The van der Waals surface area contributed by atoms with Gasteiger partial charge in [0, 0.05) is 0 Å². The van der Waals surface area contributed by atoms with Crippen molar-refractivity contribution in [2.75, 3.05) is 0 Å². The van der Waals surface area contributed by atoms with Gasteiger partial charge < -0.3 is 5.11 Å². The van der Waals surface area contributed by atoms with Gasteiger partial charge in [0.15, 0.2) is 0 Å². The Morgan fingerprint density at radius 1 is 1.50 bits per heavy atom. The minimum absolute atomic E-state index is 0.00590. The fourth-order valence-electron chi connectivity index (χ4n) is 0.363. The highest BCUT2D eigenvalue weighted by atomic mass is 16.4. The summed E-state index contributed by atoms with van der Waals surface area (Å²) in [7, 11) is 0. The summed E-state index contributed by atoms with van der Waals surface area (Å²) in [5.74, 6) is -0.958. The molecule has 0 aliphatic carbocycles. The van der Waals surface area contributed by atoms with E-state index in [9.17, 15) is 4.79 Å². The molecular weight excluding hydrogens is 128 g/mol. The average Bonchev–Trinajstić information content (AvgIpc) is 1.59. The Bertz CT molecular complexity index is 178. The number of carboxylic acids is 1. The van der Waals surface area contributed by atoms with Crippen molar-refractivity contribution in [1.82, 2.24) is 0 Å². The van der Waals surface area contributed by atoms with Crippen molar-refractivity contribution in [2.45, 2.75) is 20.8 Å². The van der Waals surface area contributed by atoms with Crippen LogP contribution >= 0.6 is 0 Å². The zero-order valence-electron chi connectivity index (χ0n) is 6.51. The third-order valence-electron chi connectivity index (χ3n) is 0.723. The molecule has 0 radical (unpaired) electrons. The van der Waals surface area contributed by atoms with Crippen LogP contribution in [0.3, 0.4) is 0 Å². The van der Waals surface area contributed by atoms with Crippen molar-refractivity contribution >= 4 is 5.97 Å². The molecule has 0 saturated carbocycles. The maximum Gasteiger partial charge on any atom is 0.336 e. The van der Waals surface area contributed by atoms with Crippen LogP contribution in [0.25, 0.3) is 0 Å². The SMILES string of the molecule is CC(C)(C)C=C=CC(=O)O. The summed E-state index contributed by atoms with van der Waals surface area (Å²) in [5, 5.41) is 8.17. The molecule has 0 aromatic carbocycles. The van der Waals surface area contributed by atoms with E-state index in [1.807, 2.05) is 20.8 Å². The highest BCUT2D eigenvalue weighted by molar-refractivity contribution is 5.79. The maximum absolute atomic E-state index is 9.95. The highest BCUT2D eigenvalue weighted by Gasteiger charge is 2.02. The Kier molecular flexibility index (Phi) is 2.91. The maximum atomic E-state index is 9.95. The molecule has 0 unspecified atom stereocenters. The lowest BCUT2D eigenvalue weighted by Crippen LogP contribution is -1.97. The molecule has 2 nitrogen and oxygen atoms in total. The van der Waals surface area contributed by atoms with Gasteiger partial charge in [0.05, 0.1) is 6.08 Å². The van der Waals surface area contributed by atoms with E-state index in [2.05, 4.69) is 5.73 Å². The molecule has 0 aliphatic heterocycles. The van der Waals surface area contributed by atoms with Crippen LogP contribution in [0.1, 0.15) is 20.8 Å². The molecule has 0 aliphatic rings. The van der Waals surface area contributed by atoms with E-state index in [-0.39, 0.29) is 5.41 Å². The second-order valence-corrected chi connectivity index (χ2v) is 3.16. The van der Waals surface area contributed by atoms with E-state index in [1.54, 1.807) is 6.08 Å². The summed E-state index contributed by atoms with van der Waals surface area (Å²) < 4.78 is 0. The van der Waals surface area contributed by atoms with Gasteiger partial charge in [0.25, 0.3) is 0 Å². The van der Waals surface area contributed by atoms with Gasteiger partial charge in [-0.05, 0) is 11.5 Å². The second-order valence-electron chi connectivity index (χ2n) is 3.16. The molecule has 56 valence electrons. The molecule has 0 saturated heterocycles. The zero-order chi connectivity index (χ0) is 8.20. The average molecular weight is 140 g/mol. The standard InChI is InChI=1S/C8H12O2/c1-8(2,3)6-4-5-7(9)10/h5-6H,1-3H3,(H,9,10). The van der Waals surface area contributed by atoms with Gasteiger partial charge in [-0.25, -0.2) is 4.79 Å². The Morgan fingerprint density at radius 3 is 2.30 bits per heavy atom. The first-order valence-corrected chi connectivity index (χ1v) is 3.08. The number of aliphatic carboxylic acids is 1. The molecule has 0 bridgehead atoms. The summed E-state index contributed by atoms with van der Waals surface area (Å²) in [4.78, 5) is 9.95. The first-order chi connectivity index (χ1) is 4.42. The van der Waals surface area contributed by atoms with Gasteiger partial charge in [0.2, 0.25) is 0 Å². The Labute approximate surface area is 60.9 Å². The lowest BCUT2D eigenvalue weighted by Gasteiger charge is -2.07. The van der Waals surface area contributed by atoms with Crippen molar-refractivity contribution in [1.29, 1.82) is 0 Å². The number of rotatable bonds is 1. The smallest absolute Gasteiger partial charge is 0.336 e. The van der Waals surface area contributed by atoms with Crippen LogP contribution < -0.4 is 0 Å². The van der Waals surface area contributed by atoms with E-state index in [0.717, 1.165) is 6.08 Å². The Morgan fingerprint density at radius 2 is 2.00 bits per heavy atom. The summed E-state index contributed by atoms with van der Waals surface area (Å²) >= 11 is 0. The number of hydrogen-bond donors (Lipinski definition) is 1. The monoisotopic (exact) mass is 140 g/mol. The Balaban J connectivity index is 4.12. The van der Waals surface area contributed by atoms with Crippen LogP contribution in [-0.2, 0) is 4.79 Å². The van der Waals surface area contributed by atoms with Crippen molar-refractivity contribution < 1.29 is 9.90 Å². The van der Waals surface area contributed by atoms with E-state index in [0.29, 0.717) is 0 Å². The molecule has 0 heterocycles. The molecule has 0 rings (SSSR count). The van der Waals surface area contributed by atoms with Gasteiger partial charge >= 0.3 is 5.97 Å². The molecule has 0 spiro atoms.